The number of ether oxygens (including phenoxy) is 1. The molecule has 2 aromatic rings. The van der Waals surface area contributed by atoms with Crippen molar-refractivity contribution in [1.29, 1.82) is 0 Å². The lowest BCUT2D eigenvalue weighted by Crippen LogP contribution is -1.96. The Kier molecular flexibility index (Phi) is 4.37. The van der Waals surface area contributed by atoms with E-state index in [0.717, 1.165) is 37.3 Å². The van der Waals surface area contributed by atoms with Crippen molar-refractivity contribution >= 4 is 48.9 Å². The average Bonchev–Trinajstić information content (AvgIpc) is 2.31. The first-order valence-electron chi connectivity index (χ1n) is 5.67. The molecule has 19 heavy (non-hydrogen) atoms. The van der Waals surface area contributed by atoms with Crippen LogP contribution in [0.1, 0.15) is 5.56 Å². The number of anilines is 3. The highest BCUT2D eigenvalue weighted by molar-refractivity contribution is 9.11. The number of benzene rings is 2. The normalized spacial score (nSPS) is 10.3. The Morgan fingerprint density at radius 2 is 1.79 bits per heavy atom. The molecule has 0 saturated heterocycles. The summed E-state index contributed by atoms with van der Waals surface area (Å²) < 4.78 is 7.14. The van der Waals surface area contributed by atoms with Gasteiger partial charge >= 0.3 is 0 Å². The van der Waals surface area contributed by atoms with Crippen LogP contribution in [-0.2, 0) is 0 Å². The molecule has 0 saturated carbocycles. The predicted octanol–water partition coefficient (Wildman–Crippen LogP) is 4.85. The number of hydrogen-bond acceptors (Lipinski definition) is 3. The minimum absolute atomic E-state index is 0.739. The zero-order chi connectivity index (χ0) is 14.0. The molecule has 0 fully saturated rings. The van der Waals surface area contributed by atoms with E-state index in [1.54, 1.807) is 7.11 Å². The topological polar surface area (TPSA) is 47.3 Å². The monoisotopic (exact) mass is 384 g/mol. The summed E-state index contributed by atoms with van der Waals surface area (Å²) in [7, 11) is 1.64. The van der Waals surface area contributed by atoms with Crippen LogP contribution >= 0.6 is 31.9 Å². The molecule has 3 nitrogen and oxygen atoms in total. The predicted molar refractivity (Wildman–Crippen MR) is 87.3 cm³/mol. The van der Waals surface area contributed by atoms with Gasteiger partial charge in [-0.2, -0.15) is 0 Å². The maximum absolute atomic E-state index is 5.85. The largest absolute Gasteiger partial charge is 0.495 e. The van der Waals surface area contributed by atoms with E-state index in [1.807, 2.05) is 37.3 Å². The van der Waals surface area contributed by atoms with Crippen molar-refractivity contribution in [1.82, 2.24) is 0 Å². The molecule has 2 rings (SSSR count). The van der Waals surface area contributed by atoms with E-state index >= 15 is 0 Å². The van der Waals surface area contributed by atoms with Crippen molar-refractivity contribution in [3.63, 3.8) is 0 Å². The lowest BCUT2D eigenvalue weighted by molar-refractivity contribution is 0.412. The van der Waals surface area contributed by atoms with E-state index in [2.05, 4.69) is 37.2 Å². The Balaban J connectivity index is 2.37. The molecule has 3 N–H and O–H groups in total. The Bertz CT molecular complexity index is 594. The highest BCUT2D eigenvalue weighted by atomic mass is 79.9. The number of hydrogen-bond donors (Lipinski definition) is 2. The Morgan fingerprint density at radius 1 is 1.05 bits per heavy atom. The SMILES string of the molecule is COc1cc(Nc2cc(C)cc(N)c2)c(Br)cc1Br. The van der Waals surface area contributed by atoms with Gasteiger partial charge in [-0.3, -0.25) is 0 Å². The van der Waals surface area contributed by atoms with Gasteiger partial charge in [0, 0.05) is 21.9 Å². The standard InChI is InChI=1S/C14H14Br2N2O/c1-8-3-9(17)5-10(4-8)18-13-7-14(19-2)12(16)6-11(13)15/h3-7,18H,17H2,1-2H3. The molecule has 0 aliphatic heterocycles. The molecule has 0 aliphatic carbocycles. The smallest absolute Gasteiger partial charge is 0.135 e. The van der Waals surface area contributed by atoms with Gasteiger partial charge in [0.2, 0.25) is 0 Å². The molecule has 0 atom stereocenters. The van der Waals surface area contributed by atoms with Crippen LogP contribution in [0.4, 0.5) is 17.1 Å². The van der Waals surface area contributed by atoms with Crippen LogP contribution in [0.25, 0.3) is 0 Å². The fraction of sp³-hybridized carbons (Fsp3) is 0.143. The van der Waals surface area contributed by atoms with E-state index in [9.17, 15) is 0 Å². The second-order valence-electron chi connectivity index (χ2n) is 4.22. The zero-order valence-corrected chi connectivity index (χ0v) is 13.8. The molecule has 0 bridgehead atoms. The fourth-order valence-corrected chi connectivity index (χ4v) is 3.08. The second-order valence-corrected chi connectivity index (χ2v) is 5.93. The van der Waals surface area contributed by atoms with Gasteiger partial charge in [-0.15, -0.1) is 0 Å². The van der Waals surface area contributed by atoms with Crippen molar-refractivity contribution in [2.75, 3.05) is 18.2 Å². The number of halogens is 2. The van der Waals surface area contributed by atoms with Gasteiger partial charge in [0.05, 0.1) is 17.3 Å². The zero-order valence-electron chi connectivity index (χ0n) is 10.6. The van der Waals surface area contributed by atoms with Gasteiger partial charge in [0.1, 0.15) is 5.75 Å². The van der Waals surface area contributed by atoms with Gasteiger partial charge in [-0.05, 0) is 68.6 Å². The van der Waals surface area contributed by atoms with Gasteiger partial charge < -0.3 is 15.8 Å². The number of nitrogens with two attached hydrogens (primary N) is 1. The van der Waals surface area contributed by atoms with Crippen LogP contribution in [0.5, 0.6) is 5.75 Å². The summed E-state index contributed by atoms with van der Waals surface area (Å²) in [4.78, 5) is 0. The van der Waals surface area contributed by atoms with Crippen molar-refractivity contribution in [3.05, 3.63) is 44.8 Å². The third-order valence-corrected chi connectivity index (χ3v) is 3.90. The van der Waals surface area contributed by atoms with Crippen LogP contribution < -0.4 is 15.8 Å². The van der Waals surface area contributed by atoms with Crippen LogP contribution in [0.3, 0.4) is 0 Å². The number of nitrogen functional groups attached to an aromatic ring is 1. The van der Waals surface area contributed by atoms with Crippen molar-refractivity contribution in [2.24, 2.45) is 0 Å². The lowest BCUT2D eigenvalue weighted by Gasteiger charge is -2.13. The summed E-state index contributed by atoms with van der Waals surface area (Å²) in [5.74, 6) is 0.770. The molecule has 0 radical (unpaired) electrons. The minimum atomic E-state index is 0.739. The molecule has 0 spiro atoms. The summed E-state index contributed by atoms with van der Waals surface area (Å²) in [6, 6.07) is 9.74. The van der Waals surface area contributed by atoms with Gasteiger partial charge in [-0.25, -0.2) is 0 Å². The first kappa shape index (κ1) is 14.2. The van der Waals surface area contributed by atoms with Crippen LogP contribution in [0.2, 0.25) is 0 Å². The molecule has 5 heteroatoms. The maximum atomic E-state index is 5.85. The van der Waals surface area contributed by atoms with Crippen LogP contribution in [0, 0.1) is 6.92 Å². The lowest BCUT2D eigenvalue weighted by atomic mass is 10.2. The first-order valence-corrected chi connectivity index (χ1v) is 7.25. The van der Waals surface area contributed by atoms with Crippen LogP contribution in [0.15, 0.2) is 39.3 Å². The maximum Gasteiger partial charge on any atom is 0.135 e. The van der Waals surface area contributed by atoms with Crippen molar-refractivity contribution in [3.8, 4) is 5.75 Å². The highest BCUT2D eigenvalue weighted by Gasteiger charge is 2.08. The summed E-state index contributed by atoms with van der Waals surface area (Å²) >= 11 is 6.97. The van der Waals surface area contributed by atoms with Gasteiger partial charge in [-0.1, -0.05) is 0 Å². The van der Waals surface area contributed by atoms with E-state index in [4.69, 9.17) is 10.5 Å². The van der Waals surface area contributed by atoms with E-state index in [1.165, 1.54) is 0 Å². The molecular formula is C14H14Br2N2O. The number of aryl methyl sites for hydroxylation is 1. The number of nitrogens with one attached hydrogen (secondary N) is 1. The summed E-state index contributed by atoms with van der Waals surface area (Å²) in [5.41, 5.74) is 9.57. The second kappa shape index (κ2) is 5.84. The first-order chi connectivity index (χ1) is 8.99. The molecule has 2 aromatic carbocycles. The molecular weight excluding hydrogens is 372 g/mol. The Morgan fingerprint density at radius 3 is 2.42 bits per heavy atom. The molecule has 0 unspecified atom stereocenters. The molecule has 0 amide bonds. The molecule has 100 valence electrons. The molecule has 0 aromatic heterocycles. The third-order valence-electron chi connectivity index (χ3n) is 2.62. The van der Waals surface area contributed by atoms with Crippen LogP contribution in [-0.4, -0.2) is 7.11 Å². The average molecular weight is 386 g/mol. The van der Waals surface area contributed by atoms with E-state index in [-0.39, 0.29) is 0 Å². The Labute approximate surface area is 129 Å². The summed E-state index contributed by atoms with van der Waals surface area (Å²) in [6.07, 6.45) is 0. The quantitative estimate of drug-likeness (QED) is 0.742. The number of methoxy groups -OCH3 is 1. The van der Waals surface area contributed by atoms with E-state index in [0.29, 0.717) is 0 Å². The molecule has 0 heterocycles. The summed E-state index contributed by atoms with van der Waals surface area (Å²) in [6.45, 7) is 2.01. The highest BCUT2D eigenvalue weighted by Crippen LogP contribution is 2.36. The summed E-state index contributed by atoms with van der Waals surface area (Å²) in [5, 5.41) is 3.33. The fourth-order valence-electron chi connectivity index (χ4n) is 1.82. The van der Waals surface area contributed by atoms with Gasteiger partial charge in [0.15, 0.2) is 0 Å². The Hall–Kier alpha value is -1.20. The van der Waals surface area contributed by atoms with E-state index < -0.39 is 0 Å². The molecule has 0 aliphatic rings. The number of rotatable bonds is 3. The van der Waals surface area contributed by atoms with Crippen molar-refractivity contribution < 1.29 is 4.74 Å². The minimum Gasteiger partial charge on any atom is -0.495 e. The van der Waals surface area contributed by atoms with Gasteiger partial charge in [0.25, 0.3) is 0 Å². The third kappa shape index (κ3) is 3.42. The van der Waals surface area contributed by atoms with Crippen molar-refractivity contribution in [2.45, 2.75) is 6.92 Å².